The van der Waals surface area contributed by atoms with Crippen LogP contribution in [-0.4, -0.2) is 46.1 Å². The summed E-state index contributed by atoms with van der Waals surface area (Å²) in [5.74, 6) is -0.428. The third-order valence-corrected chi connectivity index (χ3v) is 7.52. The number of amides is 3. The second kappa shape index (κ2) is 8.52. The lowest BCUT2D eigenvalue weighted by atomic mass is 9.69. The Morgan fingerprint density at radius 3 is 2.41 bits per heavy atom. The first-order chi connectivity index (χ1) is 15.1. The minimum absolute atomic E-state index is 0.0317. The molecule has 3 amide bonds. The lowest BCUT2D eigenvalue weighted by Crippen LogP contribution is -2.53. The van der Waals surface area contributed by atoms with E-state index in [1.807, 2.05) is 20.2 Å². The number of aromatic nitrogens is 2. The van der Waals surface area contributed by atoms with Crippen LogP contribution >= 0.6 is 0 Å². The zero-order chi connectivity index (χ0) is 23.1. The maximum atomic E-state index is 13.1. The molecule has 3 atom stereocenters. The molecule has 0 aromatic carbocycles. The van der Waals surface area contributed by atoms with Crippen molar-refractivity contribution in [3.05, 3.63) is 18.0 Å². The Hall–Kier alpha value is -2.38. The van der Waals surface area contributed by atoms with Crippen LogP contribution in [0.25, 0.3) is 0 Å². The summed E-state index contributed by atoms with van der Waals surface area (Å²) in [5.41, 5.74) is 0.167. The van der Waals surface area contributed by atoms with Gasteiger partial charge in [-0.25, -0.2) is 0 Å². The van der Waals surface area contributed by atoms with Gasteiger partial charge in [0.1, 0.15) is 5.41 Å². The van der Waals surface area contributed by atoms with Gasteiger partial charge in [-0.1, -0.05) is 13.8 Å². The first-order valence-corrected chi connectivity index (χ1v) is 12.0. The molecule has 4 rings (SSSR count). The molecule has 0 aliphatic heterocycles. The van der Waals surface area contributed by atoms with E-state index < -0.39 is 5.41 Å². The Morgan fingerprint density at radius 2 is 1.81 bits per heavy atom. The average molecular weight is 444 g/mol. The van der Waals surface area contributed by atoms with Crippen LogP contribution in [0, 0.1) is 16.7 Å². The molecule has 3 unspecified atom stereocenters. The molecule has 8 nitrogen and oxygen atoms in total. The fourth-order valence-electron chi connectivity index (χ4n) is 4.88. The fraction of sp³-hybridized carbons (Fsp3) is 0.750. The van der Waals surface area contributed by atoms with Gasteiger partial charge in [-0.15, -0.1) is 0 Å². The number of aryl methyl sites for hydroxylation is 1. The highest BCUT2D eigenvalue weighted by Crippen LogP contribution is 2.47. The van der Waals surface area contributed by atoms with E-state index in [1.165, 1.54) is 0 Å². The number of carbonyl (C=O) groups excluding carboxylic acids is 3. The Bertz CT molecular complexity index is 884. The molecule has 3 N–H and O–H groups in total. The molecule has 32 heavy (non-hydrogen) atoms. The second-order valence-corrected chi connectivity index (χ2v) is 11.0. The van der Waals surface area contributed by atoms with E-state index in [-0.39, 0.29) is 47.1 Å². The molecule has 1 heterocycles. The van der Waals surface area contributed by atoms with Gasteiger partial charge in [0.2, 0.25) is 17.7 Å². The number of carbonyl (C=O) groups is 3. The predicted molar refractivity (Wildman–Crippen MR) is 121 cm³/mol. The molecule has 3 aliphatic carbocycles. The minimum Gasteiger partial charge on any atom is -0.355 e. The number of nitrogens with one attached hydrogen (secondary N) is 3. The van der Waals surface area contributed by atoms with Crippen molar-refractivity contribution in [3.63, 3.8) is 0 Å². The topological polar surface area (TPSA) is 105 Å². The van der Waals surface area contributed by atoms with Crippen LogP contribution in [0.3, 0.4) is 0 Å². The highest BCUT2D eigenvalue weighted by Gasteiger charge is 2.57. The van der Waals surface area contributed by atoms with E-state index in [4.69, 9.17) is 0 Å². The summed E-state index contributed by atoms with van der Waals surface area (Å²) in [6, 6.07) is 0.226. The summed E-state index contributed by atoms with van der Waals surface area (Å²) in [7, 11) is 1.84. The van der Waals surface area contributed by atoms with Gasteiger partial charge in [-0.05, 0) is 63.2 Å². The third-order valence-electron chi connectivity index (χ3n) is 7.52. The molecule has 1 aromatic rings. The highest BCUT2D eigenvalue weighted by atomic mass is 16.2. The van der Waals surface area contributed by atoms with Crippen LogP contribution in [0.5, 0.6) is 0 Å². The van der Waals surface area contributed by atoms with Crippen LogP contribution in [0.4, 0.5) is 0 Å². The smallest absolute Gasteiger partial charge is 0.235 e. The Morgan fingerprint density at radius 1 is 1.12 bits per heavy atom. The summed E-state index contributed by atoms with van der Waals surface area (Å²) in [6.07, 6.45) is 9.64. The molecule has 0 spiro atoms. The first-order valence-electron chi connectivity index (χ1n) is 12.0. The summed E-state index contributed by atoms with van der Waals surface area (Å²) in [4.78, 5) is 38.5. The van der Waals surface area contributed by atoms with Crippen LogP contribution in [0.1, 0.15) is 77.2 Å². The molecular formula is C24H37N5O3. The molecule has 8 heteroatoms. The maximum absolute atomic E-state index is 13.1. The van der Waals surface area contributed by atoms with Gasteiger partial charge in [-0.3, -0.25) is 19.1 Å². The molecule has 176 valence electrons. The molecule has 0 radical (unpaired) electrons. The summed E-state index contributed by atoms with van der Waals surface area (Å²) < 4.78 is 1.70. The lowest BCUT2D eigenvalue weighted by Gasteiger charge is -2.41. The van der Waals surface area contributed by atoms with Crippen molar-refractivity contribution in [1.82, 2.24) is 25.7 Å². The number of rotatable bonds is 8. The van der Waals surface area contributed by atoms with Crippen molar-refractivity contribution in [2.75, 3.05) is 6.54 Å². The van der Waals surface area contributed by atoms with Gasteiger partial charge < -0.3 is 16.0 Å². The Labute approximate surface area is 190 Å². The van der Waals surface area contributed by atoms with Gasteiger partial charge in [0.05, 0.1) is 12.1 Å². The summed E-state index contributed by atoms with van der Waals surface area (Å²) in [6.45, 7) is 6.87. The van der Waals surface area contributed by atoms with E-state index in [9.17, 15) is 14.4 Å². The van der Waals surface area contributed by atoms with E-state index >= 15 is 0 Å². The number of hydrogen-bond acceptors (Lipinski definition) is 4. The number of nitrogens with zero attached hydrogens (tertiary/aromatic N) is 2. The van der Waals surface area contributed by atoms with Gasteiger partial charge in [0.25, 0.3) is 0 Å². The van der Waals surface area contributed by atoms with Crippen molar-refractivity contribution in [2.24, 2.45) is 23.8 Å². The molecule has 3 fully saturated rings. The molecule has 1 aromatic heterocycles. The largest absolute Gasteiger partial charge is 0.355 e. The normalized spacial score (nSPS) is 26.6. The van der Waals surface area contributed by atoms with Crippen molar-refractivity contribution in [3.8, 4) is 0 Å². The van der Waals surface area contributed by atoms with E-state index in [2.05, 4.69) is 34.9 Å². The number of hydrogen-bond donors (Lipinski definition) is 3. The van der Waals surface area contributed by atoms with Gasteiger partial charge in [0, 0.05) is 37.4 Å². The molecular weight excluding hydrogens is 406 g/mol. The van der Waals surface area contributed by atoms with Crippen molar-refractivity contribution in [2.45, 2.75) is 83.7 Å². The molecule has 0 saturated heterocycles. The summed E-state index contributed by atoms with van der Waals surface area (Å²) in [5, 5.41) is 13.5. The van der Waals surface area contributed by atoms with Gasteiger partial charge >= 0.3 is 0 Å². The first kappa shape index (κ1) is 22.8. The summed E-state index contributed by atoms with van der Waals surface area (Å²) >= 11 is 0. The second-order valence-electron chi connectivity index (χ2n) is 11.0. The fourth-order valence-corrected chi connectivity index (χ4v) is 4.88. The van der Waals surface area contributed by atoms with E-state index in [0.29, 0.717) is 19.4 Å². The molecule has 3 aliphatic rings. The van der Waals surface area contributed by atoms with Crippen LogP contribution in [-0.2, 0) is 21.4 Å². The van der Waals surface area contributed by atoms with Crippen molar-refractivity contribution >= 4 is 17.7 Å². The van der Waals surface area contributed by atoms with E-state index in [1.54, 1.807) is 10.9 Å². The van der Waals surface area contributed by atoms with Crippen molar-refractivity contribution in [1.29, 1.82) is 0 Å². The van der Waals surface area contributed by atoms with Crippen LogP contribution < -0.4 is 16.0 Å². The maximum Gasteiger partial charge on any atom is 0.235 e. The minimum atomic E-state index is -0.877. The Kier molecular flexibility index (Phi) is 6.07. The lowest BCUT2D eigenvalue weighted by molar-refractivity contribution is -0.138. The van der Waals surface area contributed by atoms with E-state index in [0.717, 1.165) is 37.7 Å². The molecule has 0 bridgehead atoms. The van der Waals surface area contributed by atoms with Gasteiger partial charge in [0.15, 0.2) is 0 Å². The highest BCUT2D eigenvalue weighted by molar-refractivity contribution is 6.08. The Balaban J connectivity index is 1.36. The van der Waals surface area contributed by atoms with Gasteiger partial charge in [-0.2, -0.15) is 5.10 Å². The quantitative estimate of drug-likeness (QED) is 0.535. The molecule has 3 saturated carbocycles. The third kappa shape index (κ3) is 4.99. The van der Waals surface area contributed by atoms with Crippen LogP contribution in [0.2, 0.25) is 0 Å². The zero-order valence-electron chi connectivity index (χ0n) is 19.7. The van der Waals surface area contributed by atoms with Crippen LogP contribution in [0.15, 0.2) is 12.4 Å². The monoisotopic (exact) mass is 443 g/mol. The standard InChI is InChI=1S/C24H37N5O3/c1-15(17-13-26-29(4)14-17)20(30)25-12-16-11-23(2,3)8-7-19(16)28-22(32)24(9-10-24)21(31)27-18-5-6-18/h13-16,18-19H,5-12H2,1-4H3,(H,25,30)(H,27,31)(H,28,32). The SMILES string of the molecule is CC(C(=O)NCC1CC(C)(C)CCC1NC(=O)C1(C(=O)NC2CC2)CC1)c1cnn(C)c1. The predicted octanol–water partition coefficient (Wildman–Crippen LogP) is 2.01. The average Bonchev–Trinajstić information content (AvgIpc) is 3.66. The van der Waals surface area contributed by atoms with Crippen molar-refractivity contribution < 1.29 is 14.4 Å². The zero-order valence-corrected chi connectivity index (χ0v) is 19.7.